The lowest BCUT2D eigenvalue weighted by atomic mass is 9.84. The highest BCUT2D eigenvalue weighted by Gasteiger charge is 2.35. The molecule has 0 spiro atoms. The maximum atomic E-state index is 4.46. The van der Waals surface area contributed by atoms with Crippen LogP contribution in [0.25, 0.3) is 10.1 Å². The normalized spacial score (nSPS) is 17.9. The Hall–Kier alpha value is -0.740. The van der Waals surface area contributed by atoms with Crippen LogP contribution in [0.1, 0.15) is 19.3 Å². The fraction of sp³-hybridized carbons (Fsp3) is 0.462. The van der Waals surface area contributed by atoms with Crippen LogP contribution in [-0.4, -0.2) is 22.5 Å². The highest BCUT2D eigenvalue weighted by molar-refractivity contribution is 8.00. The van der Waals surface area contributed by atoms with Gasteiger partial charge >= 0.3 is 0 Å². The Balaban J connectivity index is 1.78. The minimum Gasteiger partial charge on any atom is -0.368 e. The largest absolute Gasteiger partial charge is 0.368 e. The average Bonchev–Trinajstić information content (AvgIpc) is 2.77. The van der Waals surface area contributed by atoms with E-state index in [0.717, 1.165) is 12.4 Å². The first-order valence-corrected chi connectivity index (χ1v) is 8.05. The van der Waals surface area contributed by atoms with Crippen LogP contribution >= 0.6 is 23.1 Å². The quantitative estimate of drug-likeness (QED) is 0.903. The van der Waals surface area contributed by atoms with Crippen molar-refractivity contribution in [2.24, 2.45) is 0 Å². The van der Waals surface area contributed by atoms with Crippen molar-refractivity contribution in [3.8, 4) is 0 Å². The highest BCUT2D eigenvalue weighted by atomic mass is 32.2. The maximum Gasteiger partial charge on any atom is 0.134 e. The Morgan fingerprint density at radius 3 is 3.06 bits per heavy atom. The molecule has 0 radical (unpaired) electrons. The van der Waals surface area contributed by atoms with E-state index in [-0.39, 0.29) is 0 Å². The van der Waals surface area contributed by atoms with Crippen molar-refractivity contribution >= 4 is 39.0 Å². The number of hydrogen-bond donors (Lipinski definition) is 1. The molecule has 0 atom stereocenters. The van der Waals surface area contributed by atoms with E-state index in [2.05, 4.69) is 34.1 Å². The fourth-order valence-corrected chi connectivity index (χ4v) is 4.00. The number of nitrogens with zero attached hydrogens (tertiary/aromatic N) is 1. The summed E-state index contributed by atoms with van der Waals surface area (Å²) in [6.07, 6.45) is 8.16. The summed E-state index contributed by atoms with van der Waals surface area (Å²) in [5.74, 6) is 1.05. The molecule has 0 aliphatic heterocycles. The first kappa shape index (κ1) is 11.4. The van der Waals surface area contributed by atoms with Crippen molar-refractivity contribution in [1.29, 1.82) is 0 Å². The van der Waals surface area contributed by atoms with E-state index in [1.54, 1.807) is 11.3 Å². The van der Waals surface area contributed by atoms with Gasteiger partial charge in [-0.25, -0.2) is 4.98 Å². The van der Waals surface area contributed by atoms with Crippen LogP contribution in [-0.2, 0) is 0 Å². The van der Waals surface area contributed by atoms with Crippen LogP contribution in [0.3, 0.4) is 0 Å². The van der Waals surface area contributed by atoms with Crippen LogP contribution in [0.15, 0.2) is 23.7 Å². The van der Waals surface area contributed by atoms with E-state index < -0.39 is 0 Å². The zero-order valence-electron chi connectivity index (χ0n) is 9.90. The van der Waals surface area contributed by atoms with Crippen molar-refractivity contribution in [3.63, 3.8) is 0 Å². The Morgan fingerprint density at radius 1 is 1.47 bits per heavy atom. The molecule has 1 saturated carbocycles. The Labute approximate surface area is 110 Å². The number of anilines is 1. The summed E-state index contributed by atoms with van der Waals surface area (Å²) < 4.78 is 1.77. The second-order valence-electron chi connectivity index (χ2n) is 4.59. The summed E-state index contributed by atoms with van der Waals surface area (Å²) >= 11 is 3.77. The van der Waals surface area contributed by atoms with Gasteiger partial charge in [-0.1, -0.05) is 6.42 Å². The monoisotopic (exact) mass is 264 g/mol. The molecule has 4 heteroatoms. The molecule has 90 valence electrons. The third-order valence-corrected chi connectivity index (χ3v) is 5.96. The maximum absolute atomic E-state index is 4.46. The Kier molecular flexibility index (Phi) is 3.01. The van der Waals surface area contributed by atoms with Crippen LogP contribution in [0.2, 0.25) is 0 Å². The number of nitrogens with one attached hydrogen (secondary N) is 1. The van der Waals surface area contributed by atoms with Gasteiger partial charge in [0.25, 0.3) is 0 Å². The molecular weight excluding hydrogens is 248 g/mol. The summed E-state index contributed by atoms with van der Waals surface area (Å²) in [6.45, 7) is 1.04. The Morgan fingerprint density at radius 2 is 2.35 bits per heavy atom. The molecule has 0 amide bonds. The van der Waals surface area contributed by atoms with Gasteiger partial charge in [0.2, 0.25) is 0 Å². The minimum absolute atomic E-state index is 0.458. The van der Waals surface area contributed by atoms with Gasteiger partial charge in [0.15, 0.2) is 0 Å². The predicted molar refractivity (Wildman–Crippen MR) is 78.2 cm³/mol. The first-order chi connectivity index (χ1) is 8.33. The van der Waals surface area contributed by atoms with Crippen molar-refractivity contribution in [3.05, 3.63) is 23.7 Å². The predicted octanol–water partition coefficient (Wildman–Crippen LogP) is 3.99. The van der Waals surface area contributed by atoms with Crippen LogP contribution in [0.5, 0.6) is 0 Å². The molecule has 2 aromatic heterocycles. The lowest BCUT2D eigenvalue weighted by Gasteiger charge is -2.40. The van der Waals surface area contributed by atoms with E-state index in [1.807, 2.05) is 18.0 Å². The number of rotatable bonds is 4. The second kappa shape index (κ2) is 4.50. The number of hydrogen-bond acceptors (Lipinski definition) is 4. The smallest absolute Gasteiger partial charge is 0.134 e. The molecule has 17 heavy (non-hydrogen) atoms. The molecule has 2 heterocycles. The summed E-state index contributed by atoms with van der Waals surface area (Å²) in [5, 5.41) is 6.93. The zero-order valence-corrected chi connectivity index (χ0v) is 11.5. The molecule has 3 rings (SSSR count). The number of thioether (sulfide) groups is 1. The molecular formula is C13H16N2S2. The SMILES string of the molecule is CSC1(CNc2nccc3sccc23)CCC1. The summed E-state index contributed by atoms with van der Waals surface area (Å²) in [4.78, 5) is 4.46. The topological polar surface area (TPSA) is 24.9 Å². The van der Waals surface area contributed by atoms with Crippen molar-refractivity contribution in [2.75, 3.05) is 18.1 Å². The molecule has 0 bridgehead atoms. The highest BCUT2D eigenvalue weighted by Crippen LogP contribution is 2.43. The van der Waals surface area contributed by atoms with Crippen LogP contribution in [0.4, 0.5) is 5.82 Å². The summed E-state index contributed by atoms with van der Waals surface area (Å²) in [6, 6.07) is 4.24. The standard InChI is InChI=1S/C13H16N2S2/c1-16-13(5-2-6-13)9-15-12-10-4-8-17-11(10)3-7-14-12/h3-4,7-8H,2,5-6,9H2,1H3,(H,14,15). The minimum atomic E-state index is 0.458. The Bertz CT molecular complexity index is 511. The molecule has 1 aliphatic rings. The third-order valence-electron chi connectivity index (χ3n) is 3.66. The van der Waals surface area contributed by atoms with Gasteiger partial charge < -0.3 is 5.32 Å². The zero-order chi connectivity index (χ0) is 11.7. The van der Waals surface area contributed by atoms with Crippen molar-refractivity contribution in [1.82, 2.24) is 4.98 Å². The summed E-state index contributed by atoms with van der Waals surface area (Å²) in [7, 11) is 0. The average molecular weight is 264 g/mol. The van der Waals surface area contributed by atoms with E-state index in [0.29, 0.717) is 4.75 Å². The van der Waals surface area contributed by atoms with Gasteiger partial charge in [0, 0.05) is 27.6 Å². The van der Waals surface area contributed by atoms with Gasteiger partial charge in [0.05, 0.1) is 0 Å². The lowest BCUT2D eigenvalue weighted by molar-refractivity contribution is 0.380. The van der Waals surface area contributed by atoms with Gasteiger partial charge in [0.1, 0.15) is 5.82 Å². The summed E-state index contributed by atoms with van der Waals surface area (Å²) in [5.41, 5.74) is 0. The number of thiophene rings is 1. The first-order valence-electron chi connectivity index (χ1n) is 5.94. The molecule has 2 aromatic rings. The third kappa shape index (κ3) is 2.04. The molecule has 1 N–H and O–H groups in total. The fourth-order valence-electron chi connectivity index (χ4n) is 2.30. The van der Waals surface area contributed by atoms with Gasteiger partial charge in [-0.3, -0.25) is 0 Å². The molecule has 0 saturated heterocycles. The van der Waals surface area contributed by atoms with Gasteiger partial charge in [-0.15, -0.1) is 11.3 Å². The number of fused-ring (bicyclic) bond motifs is 1. The molecule has 2 nitrogen and oxygen atoms in total. The van der Waals surface area contributed by atoms with E-state index in [4.69, 9.17) is 0 Å². The van der Waals surface area contributed by atoms with Crippen LogP contribution < -0.4 is 5.32 Å². The van der Waals surface area contributed by atoms with Crippen LogP contribution in [0, 0.1) is 0 Å². The van der Waals surface area contributed by atoms with Crippen molar-refractivity contribution < 1.29 is 0 Å². The number of aromatic nitrogens is 1. The molecule has 1 fully saturated rings. The van der Waals surface area contributed by atoms with Gasteiger partial charge in [-0.2, -0.15) is 11.8 Å². The van der Waals surface area contributed by atoms with E-state index >= 15 is 0 Å². The second-order valence-corrected chi connectivity index (χ2v) is 6.81. The van der Waals surface area contributed by atoms with Gasteiger partial charge in [-0.05, 0) is 36.6 Å². The number of pyridine rings is 1. The molecule has 1 aliphatic carbocycles. The van der Waals surface area contributed by atoms with E-state index in [9.17, 15) is 0 Å². The lowest BCUT2D eigenvalue weighted by Crippen LogP contribution is -2.40. The molecule has 0 aromatic carbocycles. The van der Waals surface area contributed by atoms with Crippen molar-refractivity contribution in [2.45, 2.75) is 24.0 Å². The van der Waals surface area contributed by atoms with E-state index in [1.165, 1.54) is 29.3 Å². The molecule has 0 unspecified atom stereocenters.